The van der Waals surface area contributed by atoms with E-state index in [1.807, 2.05) is 60.4 Å². The Hall–Kier alpha value is -3.15. The van der Waals surface area contributed by atoms with Gasteiger partial charge in [-0.1, -0.05) is 12.1 Å². The summed E-state index contributed by atoms with van der Waals surface area (Å²) in [7, 11) is 1.64. The maximum Gasteiger partial charge on any atom is 0.376 e. The maximum atomic E-state index is 12.2. The van der Waals surface area contributed by atoms with Crippen LogP contribution >= 0.6 is 0 Å². The van der Waals surface area contributed by atoms with E-state index in [9.17, 15) is 4.79 Å². The summed E-state index contributed by atoms with van der Waals surface area (Å²) < 4.78 is 10.3. The van der Waals surface area contributed by atoms with E-state index in [1.54, 1.807) is 14.0 Å². The van der Waals surface area contributed by atoms with Crippen LogP contribution < -0.4 is 9.64 Å². The fraction of sp³-hybridized carbons (Fsp3) is 0.250. The number of carbonyl (C=O) groups is 1. The average molecular weight is 351 g/mol. The standard InChI is InChI=1S/C20H21N3O3/c1-4-23(14-10-12-15(25-3)13-11-14)19-16-8-6-7-9-17(16)21-18(22-19)20(24)26-5-2/h6-13H,4-5H2,1-3H3. The van der Waals surface area contributed by atoms with Gasteiger partial charge in [-0.15, -0.1) is 0 Å². The first-order valence-electron chi connectivity index (χ1n) is 8.53. The van der Waals surface area contributed by atoms with Gasteiger partial charge < -0.3 is 14.4 Å². The molecule has 6 nitrogen and oxygen atoms in total. The second-order valence-electron chi connectivity index (χ2n) is 5.55. The van der Waals surface area contributed by atoms with Gasteiger partial charge in [0.2, 0.25) is 5.82 Å². The third kappa shape index (κ3) is 3.44. The average Bonchev–Trinajstić information content (AvgIpc) is 2.69. The van der Waals surface area contributed by atoms with Crippen LogP contribution in [-0.2, 0) is 4.74 Å². The van der Waals surface area contributed by atoms with E-state index in [4.69, 9.17) is 9.47 Å². The zero-order chi connectivity index (χ0) is 18.5. The van der Waals surface area contributed by atoms with Crippen molar-refractivity contribution >= 4 is 28.4 Å². The summed E-state index contributed by atoms with van der Waals surface area (Å²) in [6.45, 7) is 4.75. The highest BCUT2D eigenvalue weighted by Crippen LogP contribution is 2.31. The minimum absolute atomic E-state index is 0.0625. The van der Waals surface area contributed by atoms with Crippen LogP contribution in [0.1, 0.15) is 24.5 Å². The van der Waals surface area contributed by atoms with Crippen molar-refractivity contribution in [3.63, 3.8) is 0 Å². The first-order chi connectivity index (χ1) is 12.7. The number of aromatic nitrogens is 2. The van der Waals surface area contributed by atoms with Crippen molar-refractivity contribution in [3.05, 3.63) is 54.4 Å². The molecule has 0 radical (unpaired) electrons. The van der Waals surface area contributed by atoms with Crippen molar-refractivity contribution in [1.29, 1.82) is 0 Å². The highest BCUT2D eigenvalue weighted by molar-refractivity contribution is 5.95. The Bertz CT molecular complexity index is 910. The normalized spacial score (nSPS) is 10.6. The largest absolute Gasteiger partial charge is 0.497 e. The summed E-state index contributed by atoms with van der Waals surface area (Å²) >= 11 is 0. The van der Waals surface area contributed by atoms with Gasteiger partial charge in [-0.25, -0.2) is 14.8 Å². The lowest BCUT2D eigenvalue weighted by Crippen LogP contribution is -2.20. The number of fused-ring (bicyclic) bond motifs is 1. The minimum atomic E-state index is -0.523. The van der Waals surface area contributed by atoms with Gasteiger partial charge in [0.25, 0.3) is 0 Å². The van der Waals surface area contributed by atoms with E-state index in [2.05, 4.69) is 9.97 Å². The predicted octanol–water partition coefficient (Wildman–Crippen LogP) is 3.97. The van der Waals surface area contributed by atoms with E-state index >= 15 is 0 Å². The van der Waals surface area contributed by atoms with Gasteiger partial charge in [0.05, 0.1) is 19.2 Å². The Morgan fingerprint density at radius 3 is 2.42 bits per heavy atom. The van der Waals surface area contributed by atoms with E-state index in [0.717, 1.165) is 16.8 Å². The summed E-state index contributed by atoms with van der Waals surface area (Å²) in [4.78, 5) is 23.1. The highest BCUT2D eigenvalue weighted by Gasteiger charge is 2.19. The zero-order valence-electron chi connectivity index (χ0n) is 15.1. The van der Waals surface area contributed by atoms with Gasteiger partial charge in [-0.2, -0.15) is 0 Å². The van der Waals surface area contributed by atoms with Gasteiger partial charge in [0, 0.05) is 17.6 Å². The molecule has 0 amide bonds. The van der Waals surface area contributed by atoms with Crippen molar-refractivity contribution < 1.29 is 14.3 Å². The molecule has 0 aliphatic rings. The van der Waals surface area contributed by atoms with Crippen LogP contribution in [0.2, 0.25) is 0 Å². The third-order valence-corrected chi connectivity index (χ3v) is 4.00. The number of methoxy groups -OCH3 is 1. The molecular formula is C20H21N3O3. The molecule has 0 spiro atoms. The molecule has 6 heteroatoms. The van der Waals surface area contributed by atoms with Gasteiger partial charge in [-0.05, 0) is 50.2 Å². The van der Waals surface area contributed by atoms with Gasteiger partial charge in [-0.3, -0.25) is 0 Å². The lowest BCUT2D eigenvalue weighted by atomic mass is 10.2. The molecule has 1 heterocycles. The molecule has 3 aromatic rings. The number of hydrogen-bond acceptors (Lipinski definition) is 6. The third-order valence-electron chi connectivity index (χ3n) is 4.00. The lowest BCUT2D eigenvalue weighted by Gasteiger charge is -2.24. The van der Waals surface area contributed by atoms with Gasteiger partial charge >= 0.3 is 5.97 Å². The van der Waals surface area contributed by atoms with Crippen LogP contribution in [0.5, 0.6) is 5.75 Å². The van der Waals surface area contributed by atoms with Crippen molar-refractivity contribution in [2.75, 3.05) is 25.2 Å². The van der Waals surface area contributed by atoms with Gasteiger partial charge in [0.1, 0.15) is 11.6 Å². The van der Waals surface area contributed by atoms with Crippen LogP contribution in [0.15, 0.2) is 48.5 Å². The number of anilines is 2. The molecule has 3 rings (SSSR count). The monoisotopic (exact) mass is 351 g/mol. The lowest BCUT2D eigenvalue weighted by molar-refractivity contribution is 0.0512. The number of hydrogen-bond donors (Lipinski definition) is 0. The fourth-order valence-electron chi connectivity index (χ4n) is 2.77. The van der Waals surface area contributed by atoms with E-state index < -0.39 is 5.97 Å². The highest BCUT2D eigenvalue weighted by atomic mass is 16.5. The molecule has 0 fully saturated rings. The summed E-state index contributed by atoms with van der Waals surface area (Å²) in [5, 5.41) is 0.873. The molecule has 0 saturated carbocycles. The first kappa shape index (κ1) is 17.7. The number of rotatable bonds is 6. The van der Waals surface area contributed by atoms with Crippen LogP contribution in [0, 0.1) is 0 Å². The van der Waals surface area contributed by atoms with E-state index in [1.165, 1.54) is 0 Å². The molecule has 0 N–H and O–H groups in total. The molecule has 0 bridgehead atoms. The molecule has 0 unspecified atom stereocenters. The number of carbonyl (C=O) groups excluding carboxylic acids is 1. The van der Waals surface area contributed by atoms with Crippen molar-refractivity contribution in [1.82, 2.24) is 9.97 Å². The predicted molar refractivity (Wildman–Crippen MR) is 101 cm³/mol. The molecule has 134 valence electrons. The van der Waals surface area contributed by atoms with Crippen LogP contribution in [0.3, 0.4) is 0 Å². The Morgan fingerprint density at radius 2 is 1.77 bits per heavy atom. The zero-order valence-corrected chi connectivity index (χ0v) is 15.1. The fourth-order valence-corrected chi connectivity index (χ4v) is 2.77. The molecule has 0 aliphatic heterocycles. The van der Waals surface area contributed by atoms with E-state index in [0.29, 0.717) is 17.9 Å². The Kier molecular flexibility index (Phi) is 5.31. The second kappa shape index (κ2) is 7.82. The summed E-state index contributed by atoms with van der Waals surface area (Å²) in [5.41, 5.74) is 1.65. The number of para-hydroxylation sites is 1. The number of ether oxygens (including phenoxy) is 2. The van der Waals surface area contributed by atoms with Crippen LogP contribution in [0.4, 0.5) is 11.5 Å². The van der Waals surface area contributed by atoms with Gasteiger partial charge in [0.15, 0.2) is 0 Å². The maximum absolute atomic E-state index is 12.2. The number of benzene rings is 2. The second-order valence-corrected chi connectivity index (χ2v) is 5.55. The minimum Gasteiger partial charge on any atom is -0.497 e. The SMILES string of the molecule is CCOC(=O)c1nc(N(CC)c2ccc(OC)cc2)c2ccccc2n1. The Labute approximate surface area is 152 Å². The molecule has 0 atom stereocenters. The molecule has 1 aromatic heterocycles. The van der Waals surface area contributed by atoms with E-state index in [-0.39, 0.29) is 12.4 Å². The molecule has 26 heavy (non-hydrogen) atoms. The molecule has 0 saturated heterocycles. The smallest absolute Gasteiger partial charge is 0.376 e. The van der Waals surface area contributed by atoms with Crippen molar-refractivity contribution in [2.45, 2.75) is 13.8 Å². The number of esters is 1. The topological polar surface area (TPSA) is 64.5 Å². The first-order valence-corrected chi connectivity index (χ1v) is 8.53. The summed E-state index contributed by atoms with van der Waals surface area (Å²) in [6, 6.07) is 15.4. The summed E-state index contributed by atoms with van der Waals surface area (Å²) in [6.07, 6.45) is 0. The van der Waals surface area contributed by atoms with Crippen molar-refractivity contribution in [2.24, 2.45) is 0 Å². The quantitative estimate of drug-likeness (QED) is 0.626. The summed E-state index contributed by atoms with van der Waals surface area (Å²) in [5.74, 6) is 0.994. The van der Waals surface area contributed by atoms with Crippen LogP contribution in [0.25, 0.3) is 10.9 Å². The molecule has 0 aliphatic carbocycles. The Balaban J connectivity index is 2.14. The Morgan fingerprint density at radius 1 is 1.04 bits per heavy atom. The number of nitrogens with zero attached hydrogens (tertiary/aromatic N) is 3. The van der Waals surface area contributed by atoms with Crippen molar-refractivity contribution in [3.8, 4) is 5.75 Å². The molecule has 2 aromatic carbocycles. The molecular weight excluding hydrogens is 330 g/mol. The van der Waals surface area contributed by atoms with Crippen LogP contribution in [-0.4, -0.2) is 36.2 Å².